The summed E-state index contributed by atoms with van der Waals surface area (Å²) in [6.07, 6.45) is -21.6. The molecule has 0 unspecified atom stereocenters. The number of amides is 1. The van der Waals surface area contributed by atoms with E-state index in [-0.39, 0.29) is 39.2 Å². The molecule has 9 nitrogen and oxygen atoms in total. The molecular weight excluding hydrogens is 694 g/mol. The Kier molecular flexibility index (Phi) is 8.13. The van der Waals surface area contributed by atoms with Gasteiger partial charge in [-0.2, -0.15) is 53.0 Å². The van der Waals surface area contributed by atoms with Gasteiger partial charge in [0, 0.05) is 18.8 Å². The lowest BCUT2D eigenvalue weighted by Gasteiger charge is -2.28. The van der Waals surface area contributed by atoms with Crippen LogP contribution in [0.4, 0.5) is 52.7 Å². The summed E-state index contributed by atoms with van der Waals surface area (Å²) in [6, 6.07) is 3.42. The van der Waals surface area contributed by atoms with E-state index in [1.165, 1.54) is 6.07 Å². The quantitative estimate of drug-likeness (QED) is 0.228. The third-order valence-corrected chi connectivity index (χ3v) is 8.30. The van der Waals surface area contributed by atoms with E-state index in [9.17, 15) is 65.9 Å². The average molecular weight is 708 g/mol. The number of carbonyl (C=O) groups is 1. The maximum Gasteiger partial charge on any atom is 0.450 e. The Labute approximate surface area is 247 Å². The van der Waals surface area contributed by atoms with Crippen molar-refractivity contribution < 1.29 is 70.1 Å². The van der Waals surface area contributed by atoms with Crippen molar-refractivity contribution in [1.82, 2.24) is 24.9 Å². The minimum Gasteiger partial charge on any atom is -0.356 e. The molecule has 2 heterocycles. The first-order chi connectivity index (χ1) is 20.4. The van der Waals surface area contributed by atoms with Crippen LogP contribution in [0.25, 0.3) is 16.9 Å². The van der Waals surface area contributed by atoms with E-state index < -0.39 is 68.8 Å². The molecule has 0 saturated heterocycles. The number of alkyl halides is 12. The van der Waals surface area contributed by atoms with Crippen LogP contribution in [0.2, 0.25) is 5.02 Å². The maximum atomic E-state index is 14.2. The molecule has 1 fully saturated rings. The Morgan fingerprint density at radius 3 is 2.09 bits per heavy atom. The molecule has 0 aliphatic heterocycles. The minimum absolute atomic E-state index is 0.00467. The summed E-state index contributed by atoms with van der Waals surface area (Å²) in [5, 5.41) is 1.31. The second-order valence-corrected chi connectivity index (χ2v) is 11.6. The number of rotatable bonds is 8. The van der Waals surface area contributed by atoms with Crippen LogP contribution in [0.3, 0.4) is 0 Å². The molecule has 1 aliphatic rings. The van der Waals surface area contributed by atoms with Crippen molar-refractivity contribution in [2.75, 3.05) is 0 Å². The first-order valence-electron chi connectivity index (χ1n) is 11.7. The van der Waals surface area contributed by atoms with E-state index in [0.717, 1.165) is 24.5 Å². The number of aromatic nitrogens is 4. The molecule has 1 saturated carbocycles. The van der Waals surface area contributed by atoms with Gasteiger partial charge in [-0.05, 0) is 30.5 Å². The summed E-state index contributed by atoms with van der Waals surface area (Å²) in [6.45, 7) is 0. The highest BCUT2D eigenvalue weighted by Crippen LogP contribution is 2.51. The van der Waals surface area contributed by atoms with Crippen molar-refractivity contribution in [1.29, 1.82) is 0 Å². The standard InChI is InChI=1S/C22H14ClF12N5O4S/c1-39-16(13(19(26,27)28)15(38-39)44-45(42,43)20(29,21(30,31)32)22(33,34)35)40-8-10(7-36-40)9-2-3-12(23)11(6-9)14(41)37-18(4-5-18)17(24)25/h2-3,6-8,17H,4-5H2,1H3,(H,37,41). The van der Waals surface area contributed by atoms with Crippen LogP contribution >= 0.6 is 11.6 Å². The van der Waals surface area contributed by atoms with E-state index in [2.05, 4.69) is 19.7 Å². The lowest BCUT2D eigenvalue weighted by atomic mass is 10.1. The molecule has 0 atom stereocenters. The van der Waals surface area contributed by atoms with Gasteiger partial charge in [-0.25, -0.2) is 22.5 Å². The van der Waals surface area contributed by atoms with Gasteiger partial charge >= 0.3 is 33.6 Å². The number of benzene rings is 1. The highest BCUT2D eigenvalue weighted by atomic mass is 35.5. The Bertz CT molecular complexity index is 1730. The van der Waals surface area contributed by atoms with Gasteiger partial charge in [-0.1, -0.05) is 17.7 Å². The van der Waals surface area contributed by atoms with Crippen LogP contribution in [0.1, 0.15) is 28.8 Å². The Morgan fingerprint density at radius 1 is 1.02 bits per heavy atom. The summed E-state index contributed by atoms with van der Waals surface area (Å²) in [7, 11) is -7.01. The molecule has 45 heavy (non-hydrogen) atoms. The van der Waals surface area contributed by atoms with Crippen molar-refractivity contribution in [3.05, 3.63) is 46.7 Å². The van der Waals surface area contributed by atoms with Crippen LogP contribution in [0, 0.1) is 0 Å². The Morgan fingerprint density at radius 2 is 1.60 bits per heavy atom. The van der Waals surface area contributed by atoms with Gasteiger partial charge in [0.15, 0.2) is 11.4 Å². The predicted octanol–water partition coefficient (Wildman–Crippen LogP) is 5.97. The summed E-state index contributed by atoms with van der Waals surface area (Å²) < 4.78 is 188. The molecule has 248 valence electrons. The van der Waals surface area contributed by atoms with Crippen LogP contribution < -0.4 is 9.50 Å². The first kappa shape index (κ1) is 34.2. The number of hydrogen-bond acceptors (Lipinski definition) is 6. The molecular formula is C22H14ClF12N5O4S. The molecule has 3 aromatic rings. The molecule has 0 bridgehead atoms. The number of carbonyl (C=O) groups excluding carboxylic acids is 1. The van der Waals surface area contributed by atoms with Crippen molar-refractivity contribution in [3.8, 4) is 22.8 Å². The fourth-order valence-corrected chi connectivity index (χ4v) is 5.17. The monoisotopic (exact) mass is 707 g/mol. The lowest BCUT2D eigenvalue weighted by Crippen LogP contribution is -2.60. The largest absolute Gasteiger partial charge is 0.450 e. The van der Waals surface area contributed by atoms with Crippen molar-refractivity contribution in [2.45, 2.75) is 48.3 Å². The molecule has 1 aliphatic carbocycles. The molecule has 0 spiro atoms. The molecule has 1 aromatic carbocycles. The fourth-order valence-electron chi connectivity index (χ4n) is 3.96. The normalized spacial score (nSPS) is 15.8. The lowest BCUT2D eigenvalue weighted by molar-refractivity contribution is -0.307. The van der Waals surface area contributed by atoms with Crippen molar-refractivity contribution in [3.63, 3.8) is 0 Å². The van der Waals surface area contributed by atoms with Gasteiger partial charge in [0.25, 0.3) is 18.2 Å². The predicted molar refractivity (Wildman–Crippen MR) is 127 cm³/mol. The SMILES string of the molecule is Cn1nc(OS(=O)(=O)C(F)(C(F)(F)F)C(F)(F)F)c(C(F)(F)F)c1-n1cc(-c2ccc(Cl)c(C(=O)NC3(C(F)F)CC3)c2)cn1. The van der Waals surface area contributed by atoms with Crippen molar-refractivity contribution in [2.24, 2.45) is 7.05 Å². The van der Waals surface area contributed by atoms with Crippen LogP contribution in [0.5, 0.6) is 5.88 Å². The zero-order chi connectivity index (χ0) is 34.1. The summed E-state index contributed by atoms with van der Waals surface area (Å²) in [5.41, 5.74) is -4.56. The van der Waals surface area contributed by atoms with E-state index in [4.69, 9.17) is 11.6 Å². The first-order valence-corrected chi connectivity index (χ1v) is 13.5. The average Bonchev–Trinajstić information content (AvgIpc) is 3.36. The second kappa shape index (κ2) is 10.7. The summed E-state index contributed by atoms with van der Waals surface area (Å²) in [5.74, 6) is -4.73. The third kappa shape index (κ3) is 5.88. The molecule has 23 heteroatoms. The minimum atomic E-state index is -7.65. The number of nitrogens with one attached hydrogen (secondary N) is 1. The molecule has 0 radical (unpaired) electrons. The Hall–Kier alpha value is -3.69. The van der Waals surface area contributed by atoms with Gasteiger partial charge in [0.2, 0.25) is 0 Å². The van der Waals surface area contributed by atoms with Gasteiger partial charge < -0.3 is 9.50 Å². The maximum absolute atomic E-state index is 14.2. The van der Waals surface area contributed by atoms with Gasteiger partial charge in [0.1, 0.15) is 5.54 Å². The fraction of sp³-hybridized carbons (Fsp3) is 0.409. The van der Waals surface area contributed by atoms with E-state index in [0.29, 0.717) is 11.7 Å². The van der Waals surface area contributed by atoms with Gasteiger partial charge in [-0.3, -0.25) is 4.79 Å². The molecule has 1 N–H and O–H groups in total. The van der Waals surface area contributed by atoms with Crippen LogP contribution in [-0.2, 0) is 23.3 Å². The van der Waals surface area contributed by atoms with Crippen LogP contribution in [-0.4, -0.2) is 63.2 Å². The molecule has 1 amide bonds. The number of aryl methyl sites for hydroxylation is 1. The number of halogens is 13. The summed E-state index contributed by atoms with van der Waals surface area (Å²) >= 11 is 6.01. The van der Waals surface area contributed by atoms with Gasteiger partial charge in [0.05, 0.1) is 16.8 Å². The van der Waals surface area contributed by atoms with Crippen LogP contribution in [0.15, 0.2) is 30.6 Å². The molecule has 2 aromatic heterocycles. The number of hydrogen-bond donors (Lipinski definition) is 1. The highest BCUT2D eigenvalue weighted by Gasteiger charge is 2.82. The molecule has 4 rings (SSSR count). The summed E-state index contributed by atoms with van der Waals surface area (Å²) in [4.78, 5) is 12.6. The second-order valence-electron chi connectivity index (χ2n) is 9.53. The third-order valence-electron chi connectivity index (χ3n) is 6.44. The van der Waals surface area contributed by atoms with E-state index in [1.54, 1.807) is 0 Å². The Balaban J connectivity index is 1.76. The zero-order valence-corrected chi connectivity index (χ0v) is 23.2. The smallest absolute Gasteiger partial charge is 0.356 e. The zero-order valence-electron chi connectivity index (χ0n) is 21.6. The number of nitrogens with zero attached hydrogens (tertiary/aromatic N) is 4. The van der Waals surface area contributed by atoms with E-state index in [1.807, 2.05) is 0 Å². The van der Waals surface area contributed by atoms with E-state index >= 15 is 0 Å². The van der Waals surface area contributed by atoms with Crippen molar-refractivity contribution >= 4 is 27.6 Å². The van der Waals surface area contributed by atoms with Gasteiger partial charge in [-0.15, -0.1) is 5.10 Å². The topological polar surface area (TPSA) is 108 Å². The highest BCUT2D eigenvalue weighted by molar-refractivity contribution is 7.88.